The third-order valence-corrected chi connectivity index (χ3v) is 2.01. The SMILES string of the molecule is Nn1nncc1-c1ccccc1C(=O)O. The fraction of sp³-hybridized carbons (Fsp3) is 0. The van der Waals surface area contributed by atoms with Crippen LogP contribution < -0.4 is 5.84 Å². The number of aromatic carboxylic acids is 1. The van der Waals surface area contributed by atoms with Crippen molar-refractivity contribution in [1.82, 2.24) is 15.1 Å². The summed E-state index contributed by atoms with van der Waals surface area (Å²) in [6.45, 7) is 0. The largest absolute Gasteiger partial charge is 0.478 e. The third-order valence-electron chi connectivity index (χ3n) is 2.01. The molecule has 0 saturated carbocycles. The molecule has 0 bridgehead atoms. The molecular formula is C9H8N4O2. The van der Waals surface area contributed by atoms with Gasteiger partial charge in [-0.25, -0.2) is 4.79 Å². The van der Waals surface area contributed by atoms with E-state index in [1.165, 1.54) is 12.3 Å². The summed E-state index contributed by atoms with van der Waals surface area (Å²) >= 11 is 0. The van der Waals surface area contributed by atoms with E-state index >= 15 is 0 Å². The van der Waals surface area contributed by atoms with Crippen LogP contribution in [0.15, 0.2) is 30.5 Å². The van der Waals surface area contributed by atoms with E-state index in [0.717, 1.165) is 4.79 Å². The lowest BCUT2D eigenvalue weighted by Crippen LogP contribution is -2.13. The number of rotatable bonds is 2. The van der Waals surface area contributed by atoms with Crippen LogP contribution in [0.25, 0.3) is 11.3 Å². The Morgan fingerprint density at radius 2 is 2.13 bits per heavy atom. The van der Waals surface area contributed by atoms with E-state index in [-0.39, 0.29) is 5.56 Å². The average Bonchev–Trinajstić information content (AvgIpc) is 2.64. The van der Waals surface area contributed by atoms with Crippen LogP contribution in [0.2, 0.25) is 0 Å². The second-order valence-corrected chi connectivity index (χ2v) is 2.91. The first-order valence-electron chi connectivity index (χ1n) is 4.18. The van der Waals surface area contributed by atoms with Gasteiger partial charge < -0.3 is 10.9 Å². The molecule has 0 amide bonds. The third kappa shape index (κ3) is 1.52. The Morgan fingerprint density at radius 1 is 1.40 bits per heavy atom. The van der Waals surface area contributed by atoms with Crippen molar-refractivity contribution in [2.75, 3.05) is 5.84 Å². The molecule has 0 aliphatic carbocycles. The van der Waals surface area contributed by atoms with E-state index in [9.17, 15) is 4.79 Å². The van der Waals surface area contributed by atoms with Gasteiger partial charge in [-0.2, -0.15) is 4.79 Å². The Hall–Kier alpha value is -2.37. The van der Waals surface area contributed by atoms with Crippen molar-refractivity contribution in [3.8, 4) is 11.3 Å². The summed E-state index contributed by atoms with van der Waals surface area (Å²) in [5.74, 6) is 4.48. The summed E-state index contributed by atoms with van der Waals surface area (Å²) in [4.78, 5) is 12.0. The molecule has 0 aliphatic rings. The number of aromatic nitrogens is 3. The van der Waals surface area contributed by atoms with E-state index in [0.29, 0.717) is 11.3 Å². The second-order valence-electron chi connectivity index (χ2n) is 2.91. The molecule has 1 aromatic carbocycles. The number of benzene rings is 1. The Morgan fingerprint density at radius 3 is 2.73 bits per heavy atom. The van der Waals surface area contributed by atoms with Gasteiger partial charge in [0.25, 0.3) is 0 Å². The molecular weight excluding hydrogens is 196 g/mol. The van der Waals surface area contributed by atoms with Gasteiger partial charge in [0, 0.05) is 5.56 Å². The lowest BCUT2D eigenvalue weighted by Gasteiger charge is -2.04. The fourth-order valence-electron chi connectivity index (χ4n) is 1.33. The van der Waals surface area contributed by atoms with Crippen LogP contribution >= 0.6 is 0 Å². The molecule has 0 radical (unpaired) electrons. The van der Waals surface area contributed by atoms with Crippen molar-refractivity contribution < 1.29 is 9.90 Å². The first kappa shape index (κ1) is 9.20. The quantitative estimate of drug-likeness (QED) is 0.688. The van der Waals surface area contributed by atoms with Crippen molar-refractivity contribution in [3.63, 3.8) is 0 Å². The van der Waals surface area contributed by atoms with Gasteiger partial charge in [0.2, 0.25) is 0 Å². The molecule has 0 fully saturated rings. The highest BCUT2D eigenvalue weighted by atomic mass is 16.4. The number of hydrogen-bond acceptors (Lipinski definition) is 4. The van der Waals surface area contributed by atoms with E-state index in [4.69, 9.17) is 10.9 Å². The molecule has 2 aromatic rings. The number of nitrogens with two attached hydrogens (primary N) is 1. The van der Waals surface area contributed by atoms with Crippen molar-refractivity contribution >= 4 is 5.97 Å². The smallest absolute Gasteiger partial charge is 0.336 e. The average molecular weight is 204 g/mol. The van der Waals surface area contributed by atoms with Crippen molar-refractivity contribution in [2.24, 2.45) is 0 Å². The number of carbonyl (C=O) groups is 1. The number of carboxylic acids is 1. The molecule has 0 saturated heterocycles. The second kappa shape index (κ2) is 3.41. The summed E-state index contributed by atoms with van der Waals surface area (Å²) < 4.78 is 0. The lowest BCUT2D eigenvalue weighted by molar-refractivity contribution is 0.0697. The highest BCUT2D eigenvalue weighted by Crippen LogP contribution is 2.21. The summed E-state index contributed by atoms with van der Waals surface area (Å²) in [6, 6.07) is 6.54. The number of carboxylic acid groups (broad SMARTS) is 1. The standard InChI is InChI=1S/C9H8N4O2/c10-13-8(5-11-12-13)6-3-1-2-4-7(6)9(14)15/h1-5H,10H2,(H,14,15). The van der Waals surface area contributed by atoms with Crippen molar-refractivity contribution in [3.05, 3.63) is 36.0 Å². The Kier molecular flexibility index (Phi) is 2.09. The molecule has 1 heterocycles. The zero-order valence-electron chi connectivity index (χ0n) is 7.66. The highest BCUT2D eigenvalue weighted by molar-refractivity contribution is 5.95. The van der Waals surface area contributed by atoms with Gasteiger partial charge >= 0.3 is 5.97 Å². The van der Waals surface area contributed by atoms with Gasteiger partial charge in [0.1, 0.15) is 5.69 Å². The maximum atomic E-state index is 10.9. The van der Waals surface area contributed by atoms with Gasteiger partial charge in [-0.15, -0.1) is 5.10 Å². The van der Waals surface area contributed by atoms with Crippen LogP contribution in [0.5, 0.6) is 0 Å². The number of hydrogen-bond donors (Lipinski definition) is 2. The predicted octanol–water partition coefficient (Wildman–Crippen LogP) is 0.357. The molecule has 0 spiro atoms. The van der Waals surface area contributed by atoms with Crippen LogP contribution in [-0.4, -0.2) is 26.2 Å². The van der Waals surface area contributed by atoms with Crippen molar-refractivity contribution in [1.29, 1.82) is 0 Å². The van der Waals surface area contributed by atoms with Gasteiger partial charge in [-0.3, -0.25) is 0 Å². The van der Waals surface area contributed by atoms with E-state index in [2.05, 4.69) is 10.3 Å². The first-order valence-corrected chi connectivity index (χ1v) is 4.18. The van der Waals surface area contributed by atoms with Crippen LogP contribution in [0.1, 0.15) is 10.4 Å². The van der Waals surface area contributed by atoms with Crippen LogP contribution in [0, 0.1) is 0 Å². The summed E-state index contributed by atoms with van der Waals surface area (Å²) in [6.07, 6.45) is 1.42. The van der Waals surface area contributed by atoms with Gasteiger partial charge in [-0.05, 0) is 11.3 Å². The van der Waals surface area contributed by atoms with Crippen LogP contribution in [-0.2, 0) is 0 Å². The molecule has 76 valence electrons. The van der Waals surface area contributed by atoms with Crippen molar-refractivity contribution in [2.45, 2.75) is 0 Å². The first-order chi connectivity index (χ1) is 7.20. The molecule has 0 atom stereocenters. The minimum atomic E-state index is -1.01. The zero-order chi connectivity index (χ0) is 10.8. The van der Waals surface area contributed by atoms with Crippen LogP contribution in [0.3, 0.4) is 0 Å². The van der Waals surface area contributed by atoms with Gasteiger partial charge in [0.15, 0.2) is 0 Å². The minimum Gasteiger partial charge on any atom is -0.478 e. The Labute approximate surface area is 84.9 Å². The molecule has 6 heteroatoms. The molecule has 6 nitrogen and oxygen atoms in total. The molecule has 2 rings (SSSR count). The topological polar surface area (TPSA) is 94.0 Å². The summed E-state index contributed by atoms with van der Waals surface area (Å²) in [5, 5.41) is 16.1. The Bertz CT molecular complexity index is 506. The highest BCUT2D eigenvalue weighted by Gasteiger charge is 2.13. The fourth-order valence-corrected chi connectivity index (χ4v) is 1.33. The van der Waals surface area contributed by atoms with Gasteiger partial charge in [-0.1, -0.05) is 18.2 Å². The Balaban J connectivity index is 2.63. The van der Waals surface area contributed by atoms with E-state index in [1.807, 2.05) is 0 Å². The van der Waals surface area contributed by atoms with Gasteiger partial charge in [0.05, 0.1) is 11.8 Å². The van der Waals surface area contributed by atoms with E-state index in [1.54, 1.807) is 18.2 Å². The van der Waals surface area contributed by atoms with E-state index < -0.39 is 5.97 Å². The monoisotopic (exact) mass is 204 g/mol. The number of nitrogen functional groups attached to an aromatic ring is 1. The molecule has 15 heavy (non-hydrogen) atoms. The molecule has 3 N–H and O–H groups in total. The predicted molar refractivity (Wildman–Crippen MR) is 52.6 cm³/mol. The normalized spacial score (nSPS) is 10.1. The number of nitrogens with zero attached hydrogens (tertiary/aromatic N) is 3. The van der Waals surface area contributed by atoms with Crippen LogP contribution in [0.4, 0.5) is 0 Å². The molecule has 0 aliphatic heterocycles. The maximum absolute atomic E-state index is 10.9. The maximum Gasteiger partial charge on any atom is 0.336 e. The summed E-state index contributed by atoms with van der Waals surface area (Å²) in [5.41, 5.74) is 1.14. The summed E-state index contributed by atoms with van der Waals surface area (Å²) in [7, 11) is 0. The minimum absolute atomic E-state index is 0.173. The molecule has 0 unspecified atom stereocenters. The molecule has 1 aromatic heterocycles. The lowest BCUT2D eigenvalue weighted by atomic mass is 10.1. The zero-order valence-corrected chi connectivity index (χ0v) is 7.66.